The van der Waals surface area contributed by atoms with Crippen molar-refractivity contribution in [3.63, 3.8) is 0 Å². The molecule has 0 aromatic rings. The number of unbranched alkanes of at least 4 members (excludes halogenated alkanes) is 1. The third kappa shape index (κ3) is 8.10. The van der Waals surface area contributed by atoms with Crippen LogP contribution < -0.4 is 5.32 Å². The molecule has 0 aromatic heterocycles. The molecule has 0 aliphatic rings. The van der Waals surface area contributed by atoms with E-state index in [0.29, 0.717) is 6.04 Å². The Morgan fingerprint density at radius 1 is 1.29 bits per heavy atom. The van der Waals surface area contributed by atoms with E-state index < -0.39 is 0 Å². The van der Waals surface area contributed by atoms with Gasteiger partial charge in [0.2, 0.25) is 0 Å². The predicted molar refractivity (Wildman–Crippen MR) is 63.3 cm³/mol. The van der Waals surface area contributed by atoms with Crippen molar-refractivity contribution in [1.82, 2.24) is 10.2 Å². The smallest absolute Gasteiger partial charge is 0.0576 e. The summed E-state index contributed by atoms with van der Waals surface area (Å²) in [6.07, 6.45) is 2.50. The monoisotopic (exact) mass is 196 g/mol. The van der Waals surface area contributed by atoms with Crippen LogP contribution in [0.3, 0.4) is 0 Å². The lowest BCUT2D eigenvalue weighted by molar-refractivity contribution is 0.268. The quantitative estimate of drug-likeness (QED) is 0.493. The van der Waals surface area contributed by atoms with Crippen molar-refractivity contribution < 1.29 is 0 Å². The SMILES string of the molecule is CC#CCNCCCCN(C)C(C)C. The molecule has 2 heteroatoms. The van der Waals surface area contributed by atoms with Gasteiger partial charge in [-0.15, -0.1) is 5.92 Å². The fourth-order valence-corrected chi connectivity index (χ4v) is 1.11. The molecule has 0 saturated carbocycles. The molecule has 0 saturated heterocycles. The topological polar surface area (TPSA) is 15.3 Å². The van der Waals surface area contributed by atoms with Crippen LogP contribution in [-0.2, 0) is 0 Å². The van der Waals surface area contributed by atoms with Crippen LogP contribution >= 0.6 is 0 Å². The summed E-state index contributed by atoms with van der Waals surface area (Å²) >= 11 is 0. The average Bonchev–Trinajstić information content (AvgIpc) is 2.16. The van der Waals surface area contributed by atoms with Gasteiger partial charge < -0.3 is 10.2 Å². The molecule has 0 spiro atoms. The Bertz CT molecular complexity index is 176. The molecule has 0 heterocycles. The first-order valence-electron chi connectivity index (χ1n) is 5.49. The number of hydrogen-bond acceptors (Lipinski definition) is 2. The first kappa shape index (κ1) is 13.5. The van der Waals surface area contributed by atoms with Gasteiger partial charge in [-0.05, 0) is 53.8 Å². The van der Waals surface area contributed by atoms with Gasteiger partial charge in [-0.25, -0.2) is 0 Å². The Labute approximate surface area is 89.1 Å². The Morgan fingerprint density at radius 2 is 2.00 bits per heavy atom. The van der Waals surface area contributed by atoms with E-state index >= 15 is 0 Å². The summed E-state index contributed by atoms with van der Waals surface area (Å²) in [6.45, 7) is 9.44. The van der Waals surface area contributed by atoms with E-state index in [0.717, 1.165) is 13.1 Å². The largest absolute Gasteiger partial charge is 0.306 e. The third-order valence-corrected chi connectivity index (χ3v) is 2.39. The fraction of sp³-hybridized carbons (Fsp3) is 0.833. The third-order valence-electron chi connectivity index (χ3n) is 2.39. The van der Waals surface area contributed by atoms with E-state index in [1.165, 1.54) is 19.4 Å². The Kier molecular flexibility index (Phi) is 8.72. The van der Waals surface area contributed by atoms with Crippen LogP contribution in [0.25, 0.3) is 0 Å². The molecule has 0 radical (unpaired) electrons. The summed E-state index contributed by atoms with van der Waals surface area (Å²) in [6, 6.07) is 0.661. The summed E-state index contributed by atoms with van der Waals surface area (Å²) in [7, 11) is 2.18. The molecule has 0 unspecified atom stereocenters. The van der Waals surface area contributed by atoms with E-state index in [9.17, 15) is 0 Å². The van der Waals surface area contributed by atoms with Gasteiger partial charge in [-0.1, -0.05) is 5.92 Å². The zero-order chi connectivity index (χ0) is 10.8. The summed E-state index contributed by atoms with van der Waals surface area (Å²) in [5.74, 6) is 5.87. The van der Waals surface area contributed by atoms with Crippen LogP contribution in [0.4, 0.5) is 0 Å². The molecule has 0 bridgehead atoms. The van der Waals surface area contributed by atoms with E-state index in [2.05, 4.69) is 43.0 Å². The number of nitrogens with one attached hydrogen (secondary N) is 1. The van der Waals surface area contributed by atoms with Crippen LogP contribution in [0, 0.1) is 11.8 Å². The molecule has 1 N–H and O–H groups in total. The average molecular weight is 196 g/mol. The van der Waals surface area contributed by atoms with Crippen molar-refractivity contribution >= 4 is 0 Å². The highest BCUT2D eigenvalue weighted by Crippen LogP contribution is 1.96. The molecule has 0 aliphatic heterocycles. The van der Waals surface area contributed by atoms with E-state index in [1.807, 2.05) is 6.92 Å². The van der Waals surface area contributed by atoms with Crippen molar-refractivity contribution in [3.05, 3.63) is 0 Å². The van der Waals surface area contributed by atoms with Crippen LogP contribution in [0.2, 0.25) is 0 Å². The highest BCUT2D eigenvalue weighted by Gasteiger charge is 2.00. The maximum absolute atomic E-state index is 3.30. The predicted octanol–water partition coefficient (Wildman–Crippen LogP) is 1.72. The highest BCUT2D eigenvalue weighted by atomic mass is 15.1. The molecule has 0 rings (SSSR count). The van der Waals surface area contributed by atoms with E-state index in [4.69, 9.17) is 0 Å². The lowest BCUT2D eigenvalue weighted by Gasteiger charge is -2.20. The summed E-state index contributed by atoms with van der Waals surface area (Å²) in [5, 5.41) is 3.30. The first-order valence-corrected chi connectivity index (χ1v) is 5.49. The minimum absolute atomic E-state index is 0.661. The minimum Gasteiger partial charge on any atom is -0.306 e. The van der Waals surface area contributed by atoms with E-state index in [1.54, 1.807) is 0 Å². The van der Waals surface area contributed by atoms with Crippen molar-refractivity contribution in [1.29, 1.82) is 0 Å². The second-order valence-electron chi connectivity index (χ2n) is 3.89. The molecule has 0 fully saturated rings. The van der Waals surface area contributed by atoms with Gasteiger partial charge in [0.1, 0.15) is 0 Å². The molecule has 82 valence electrons. The van der Waals surface area contributed by atoms with Crippen LogP contribution in [-0.4, -0.2) is 37.6 Å². The molecule has 0 aliphatic carbocycles. The molecule has 2 nitrogen and oxygen atoms in total. The van der Waals surface area contributed by atoms with Crippen LogP contribution in [0.15, 0.2) is 0 Å². The molecule has 0 amide bonds. The second-order valence-corrected chi connectivity index (χ2v) is 3.89. The van der Waals surface area contributed by atoms with Crippen molar-refractivity contribution in [2.24, 2.45) is 0 Å². The van der Waals surface area contributed by atoms with Gasteiger partial charge in [0, 0.05) is 6.04 Å². The molecular formula is C12H24N2. The fourth-order valence-electron chi connectivity index (χ4n) is 1.11. The number of nitrogens with zero attached hydrogens (tertiary/aromatic N) is 1. The highest BCUT2D eigenvalue weighted by molar-refractivity contribution is 4.96. The Balaban J connectivity index is 3.16. The Hall–Kier alpha value is -0.520. The second kappa shape index (κ2) is 9.05. The Morgan fingerprint density at radius 3 is 2.57 bits per heavy atom. The van der Waals surface area contributed by atoms with Crippen molar-refractivity contribution in [3.8, 4) is 11.8 Å². The van der Waals surface area contributed by atoms with Gasteiger partial charge in [-0.2, -0.15) is 0 Å². The van der Waals surface area contributed by atoms with Gasteiger partial charge in [-0.3, -0.25) is 0 Å². The van der Waals surface area contributed by atoms with Crippen LogP contribution in [0.5, 0.6) is 0 Å². The number of rotatable bonds is 7. The van der Waals surface area contributed by atoms with E-state index in [-0.39, 0.29) is 0 Å². The maximum atomic E-state index is 3.30. The van der Waals surface area contributed by atoms with Gasteiger partial charge in [0.05, 0.1) is 6.54 Å². The molecule has 0 atom stereocenters. The zero-order valence-electron chi connectivity index (χ0n) is 10.1. The molecule has 14 heavy (non-hydrogen) atoms. The summed E-state index contributed by atoms with van der Waals surface area (Å²) < 4.78 is 0. The van der Waals surface area contributed by atoms with Crippen molar-refractivity contribution in [2.45, 2.75) is 39.7 Å². The van der Waals surface area contributed by atoms with Gasteiger partial charge in [0.25, 0.3) is 0 Å². The maximum Gasteiger partial charge on any atom is 0.0576 e. The van der Waals surface area contributed by atoms with Gasteiger partial charge >= 0.3 is 0 Å². The van der Waals surface area contributed by atoms with Crippen molar-refractivity contribution in [2.75, 3.05) is 26.7 Å². The van der Waals surface area contributed by atoms with Gasteiger partial charge in [0.15, 0.2) is 0 Å². The lowest BCUT2D eigenvalue weighted by Crippen LogP contribution is -2.27. The summed E-state index contributed by atoms with van der Waals surface area (Å²) in [5.41, 5.74) is 0. The minimum atomic E-state index is 0.661. The standard InChI is InChI=1S/C12H24N2/c1-5-6-9-13-10-7-8-11-14(4)12(2)3/h12-13H,7-11H2,1-4H3. The zero-order valence-corrected chi connectivity index (χ0v) is 10.1. The number of hydrogen-bond donors (Lipinski definition) is 1. The normalized spacial score (nSPS) is 10.4. The molecular weight excluding hydrogens is 172 g/mol. The lowest BCUT2D eigenvalue weighted by atomic mass is 10.2. The molecule has 0 aromatic carbocycles. The van der Waals surface area contributed by atoms with Crippen LogP contribution in [0.1, 0.15) is 33.6 Å². The summed E-state index contributed by atoms with van der Waals surface area (Å²) in [4.78, 5) is 2.38. The first-order chi connectivity index (χ1) is 6.68.